The summed E-state index contributed by atoms with van der Waals surface area (Å²) < 4.78 is 1.71. The molecule has 2 unspecified atom stereocenters. The van der Waals surface area contributed by atoms with Crippen molar-refractivity contribution < 1.29 is 0 Å². The van der Waals surface area contributed by atoms with Crippen LogP contribution in [0.25, 0.3) is 5.69 Å². The highest BCUT2D eigenvalue weighted by atomic mass is 15.5. The summed E-state index contributed by atoms with van der Waals surface area (Å²) in [6.07, 6.45) is 5.57. The van der Waals surface area contributed by atoms with Gasteiger partial charge in [-0.05, 0) is 48.7 Å². The van der Waals surface area contributed by atoms with Crippen molar-refractivity contribution >= 4 is 5.69 Å². The molecule has 2 heterocycles. The van der Waals surface area contributed by atoms with Crippen molar-refractivity contribution in [2.45, 2.75) is 44.3 Å². The summed E-state index contributed by atoms with van der Waals surface area (Å²) in [6.45, 7) is 3.48. The monoisotopic (exact) mass is 284 g/mol. The summed E-state index contributed by atoms with van der Waals surface area (Å²) in [7, 11) is 0. The first-order valence-electron chi connectivity index (χ1n) is 7.66. The van der Waals surface area contributed by atoms with Crippen molar-refractivity contribution in [2.75, 3.05) is 11.9 Å². The van der Waals surface area contributed by atoms with Gasteiger partial charge in [0.05, 0.1) is 11.4 Å². The Kier molecular flexibility index (Phi) is 3.11. The third-order valence-corrected chi connectivity index (χ3v) is 4.50. The molecule has 1 aliphatic heterocycles. The maximum atomic E-state index is 3.99. The van der Waals surface area contributed by atoms with E-state index >= 15 is 0 Å². The predicted molar refractivity (Wildman–Crippen MR) is 80.4 cm³/mol. The number of hydrogen-bond acceptors (Lipinski definition) is 5. The van der Waals surface area contributed by atoms with Crippen LogP contribution in [0, 0.1) is 0 Å². The Labute approximate surface area is 124 Å². The maximum Gasteiger partial charge on any atom is 0.143 e. The highest BCUT2D eigenvalue weighted by Gasteiger charge is 2.38. The second kappa shape index (κ2) is 5.11. The van der Waals surface area contributed by atoms with Gasteiger partial charge in [-0.25, -0.2) is 0 Å². The first kappa shape index (κ1) is 12.8. The smallest absolute Gasteiger partial charge is 0.143 e. The molecule has 0 radical (unpaired) electrons. The van der Waals surface area contributed by atoms with Gasteiger partial charge >= 0.3 is 0 Å². The van der Waals surface area contributed by atoms with E-state index in [9.17, 15) is 0 Å². The Bertz CT molecular complexity index is 606. The van der Waals surface area contributed by atoms with E-state index in [-0.39, 0.29) is 0 Å². The Balaban J connectivity index is 1.53. The van der Waals surface area contributed by atoms with Crippen LogP contribution in [0.3, 0.4) is 0 Å². The van der Waals surface area contributed by atoms with Crippen LogP contribution in [0.15, 0.2) is 30.6 Å². The van der Waals surface area contributed by atoms with Gasteiger partial charge < -0.3 is 5.32 Å². The zero-order chi connectivity index (χ0) is 14.2. The first-order chi connectivity index (χ1) is 10.3. The molecule has 4 rings (SSSR count). The lowest BCUT2D eigenvalue weighted by molar-refractivity contribution is 0.257. The average Bonchev–Trinajstić information content (AvgIpc) is 3.05. The largest absolute Gasteiger partial charge is 0.379 e. The Hall–Kier alpha value is -1.95. The molecule has 1 aliphatic carbocycles. The van der Waals surface area contributed by atoms with E-state index < -0.39 is 0 Å². The van der Waals surface area contributed by atoms with E-state index in [4.69, 9.17) is 0 Å². The molecule has 1 aromatic carbocycles. The molecule has 1 saturated heterocycles. The molecule has 1 aromatic heterocycles. The van der Waals surface area contributed by atoms with Crippen molar-refractivity contribution in [1.82, 2.24) is 25.1 Å². The standard InChI is InChI=1S/C15H20N6/c1-11-8-12(9-20(11)13-6-7-13)17-14-4-2-3-5-15(14)21-10-16-18-19-21/h2-5,10-13,17H,6-9H2,1H3. The Morgan fingerprint density at radius 1 is 1.24 bits per heavy atom. The Morgan fingerprint density at radius 2 is 2.10 bits per heavy atom. The van der Waals surface area contributed by atoms with Crippen LogP contribution in [0.5, 0.6) is 0 Å². The SMILES string of the molecule is CC1CC(Nc2ccccc2-n2cnnn2)CN1C1CC1. The van der Waals surface area contributed by atoms with E-state index in [0.29, 0.717) is 12.1 Å². The third kappa shape index (κ3) is 2.51. The number of benzene rings is 1. The molecule has 21 heavy (non-hydrogen) atoms. The van der Waals surface area contributed by atoms with Gasteiger partial charge in [0.15, 0.2) is 0 Å². The van der Waals surface area contributed by atoms with Gasteiger partial charge in [-0.1, -0.05) is 12.1 Å². The molecule has 0 spiro atoms. The van der Waals surface area contributed by atoms with Crippen LogP contribution in [0.1, 0.15) is 26.2 Å². The molecule has 2 fully saturated rings. The molecule has 1 saturated carbocycles. The van der Waals surface area contributed by atoms with Crippen molar-refractivity contribution in [3.05, 3.63) is 30.6 Å². The highest BCUT2D eigenvalue weighted by molar-refractivity contribution is 5.61. The topological polar surface area (TPSA) is 58.9 Å². The summed E-state index contributed by atoms with van der Waals surface area (Å²) >= 11 is 0. The van der Waals surface area contributed by atoms with E-state index in [1.54, 1.807) is 11.0 Å². The van der Waals surface area contributed by atoms with Crippen molar-refractivity contribution in [3.8, 4) is 5.69 Å². The van der Waals surface area contributed by atoms with Gasteiger partial charge in [-0.2, -0.15) is 4.68 Å². The lowest BCUT2D eigenvalue weighted by Crippen LogP contribution is -2.31. The molecule has 110 valence electrons. The van der Waals surface area contributed by atoms with Gasteiger partial charge in [0, 0.05) is 24.7 Å². The first-order valence-corrected chi connectivity index (χ1v) is 7.66. The van der Waals surface area contributed by atoms with E-state index in [1.165, 1.54) is 19.3 Å². The number of nitrogens with one attached hydrogen (secondary N) is 1. The van der Waals surface area contributed by atoms with Gasteiger partial charge in [-0.15, -0.1) is 5.10 Å². The normalized spacial score (nSPS) is 26.1. The molecule has 6 nitrogen and oxygen atoms in total. The molecule has 1 N–H and O–H groups in total. The van der Waals surface area contributed by atoms with Gasteiger partial charge in [0.25, 0.3) is 0 Å². The highest BCUT2D eigenvalue weighted by Crippen LogP contribution is 2.34. The van der Waals surface area contributed by atoms with Crippen LogP contribution in [0.4, 0.5) is 5.69 Å². The molecular weight excluding hydrogens is 264 g/mol. The molecule has 6 heteroatoms. The molecule has 0 amide bonds. The van der Waals surface area contributed by atoms with Crippen LogP contribution in [-0.2, 0) is 0 Å². The lowest BCUT2D eigenvalue weighted by atomic mass is 10.1. The second-order valence-corrected chi connectivity index (χ2v) is 6.13. The van der Waals surface area contributed by atoms with Crippen molar-refractivity contribution in [1.29, 1.82) is 0 Å². The summed E-state index contributed by atoms with van der Waals surface area (Å²) in [5, 5.41) is 15.1. The van der Waals surface area contributed by atoms with Crippen LogP contribution >= 0.6 is 0 Å². The van der Waals surface area contributed by atoms with Crippen LogP contribution in [0.2, 0.25) is 0 Å². The number of likely N-dealkylation sites (tertiary alicyclic amines) is 1. The van der Waals surface area contributed by atoms with Crippen LogP contribution in [-0.4, -0.2) is 49.8 Å². The lowest BCUT2D eigenvalue weighted by Gasteiger charge is -2.20. The van der Waals surface area contributed by atoms with Crippen molar-refractivity contribution in [2.24, 2.45) is 0 Å². The van der Waals surface area contributed by atoms with E-state index in [1.807, 2.05) is 18.2 Å². The molecule has 2 aromatic rings. The summed E-state index contributed by atoms with van der Waals surface area (Å²) in [5.74, 6) is 0. The number of hydrogen-bond donors (Lipinski definition) is 1. The number of rotatable bonds is 4. The molecule has 2 atom stereocenters. The van der Waals surface area contributed by atoms with Gasteiger partial charge in [0.2, 0.25) is 0 Å². The van der Waals surface area contributed by atoms with Crippen LogP contribution < -0.4 is 5.32 Å². The minimum absolute atomic E-state index is 0.498. The second-order valence-electron chi connectivity index (χ2n) is 6.13. The van der Waals surface area contributed by atoms with E-state index in [2.05, 4.69) is 38.7 Å². The average molecular weight is 284 g/mol. The predicted octanol–water partition coefficient (Wildman–Crippen LogP) is 1.70. The minimum Gasteiger partial charge on any atom is -0.379 e. The van der Waals surface area contributed by atoms with Gasteiger partial charge in [0.1, 0.15) is 6.33 Å². The summed E-state index contributed by atoms with van der Waals surface area (Å²) in [4.78, 5) is 2.65. The summed E-state index contributed by atoms with van der Waals surface area (Å²) in [6, 6.07) is 10.2. The maximum absolute atomic E-state index is 3.99. The Morgan fingerprint density at radius 3 is 2.86 bits per heavy atom. The number of para-hydroxylation sites is 2. The fraction of sp³-hybridized carbons (Fsp3) is 0.533. The number of anilines is 1. The fourth-order valence-corrected chi connectivity index (χ4v) is 3.36. The van der Waals surface area contributed by atoms with E-state index in [0.717, 1.165) is 24.0 Å². The summed E-state index contributed by atoms with van der Waals surface area (Å²) in [5.41, 5.74) is 2.10. The quantitative estimate of drug-likeness (QED) is 0.926. The zero-order valence-corrected chi connectivity index (χ0v) is 12.2. The molecular formula is C15H20N6. The number of tetrazole rings is 1. The minimum atomic E-state index is 0.498. The van der Waals surface area contributed by atoms with Gasteiger partial charge in [-0.3, -0.25) is 4.90 Å². The third-order valence-electron chi connectivity index (χ3n) is 4.50. The molecule has 2 aliphatic rings. The zero-order valence-electron chi connectivity index (χ0n) is 12.2. The van der Waals surface area contributed by atoms with Crippen molar-refractivity contribution in [3.63, 3.8) is 0 Å². The number of nitrogens with zero attached hydrogens (tertiary/aromatic N) is 5. The molecule has 0 bridgehead atoms. The number of aromatic nitrogens is 4. The fourth-order valence-electron chi connectivity index (χ4n) is 3.36.